The maximum Gasteiger partial charge on any atom is 0.164 e. The van der Waals surface area contributed by atoms with Crippen molar-refractivity contribution in [2.24, 2.45) is 5.73 Å². The summed E-state index contributed by atoms with van der Waals surface area (Å²) >= 11 is 0. The Bertz CT molecular complexity index is 452. The van der Waals surface area contributed by atoms with E-state index in [1.54, 1.807) is 18.1 Å². The first kappa shape index (κ1) is 9.67. The minimum atomic E-state index is 0.335. The fourth-order valence-electron chi connectivity index (χ4n) is 1.33. The summed E-state index contributed by atoms with van der Waals surface area (Å²) in [4.78, 5) is 4.06. The van der Waals surface area contributed by atoms with E-state index in [0.717, 1.165) is 11.4 Å². The molecule has 1 aromatic heterocycles. The lowest BCUT2D eigenvalue weighted by molar-refractivity contribution is 0.411. The number of ether oxygens (including phenoxy) is 1. The molecule has 2 aromatic rings. The Morgan fingerprint density at radius 3 is 2.87 bits per heavy atom. The van der Waals surface area contributed by atoms with Gasteiger partial charge in [-0.15, -0.1) is 5.10 Å². The summed E-state index contributed by atoms with van der Waals surface area (Å²) in [5, 5.41) is 4.21. The van der Waals surface area contributed by atoms with Crippen LogP contribution < -0.4 is 10.5 Å². The summed E-state index contributed by atoms with van der Waals surface area (Å²) in [5.74, 6) is 1.37. The van der Waals surface area contributed by atoms with Gasteiger partial charge < -0.3 is 10.5 Å². The predicted molar refractivity (Wildman–Crippen MR) is 55.8 cm³/mol. The first-order valence-corrected chi connectivity index (χ1v) is 4.59. The highest BCUT2D eigenvalue weighted by molar-refractivity contribution is 5.45. The largest absolute Gasteiger partial charge is 0.494 e. The van der Waals surface area contributed by atoms with Crippen LogP contribution in [-0.2, 0) is 6.54 Å². The van der Waals surface area contributed by atoms with Gasteiger partial charge in [-0.05, 0) is 12.1 Å². The molecule has 15 heavy (non-hydrogen) atoms. The number of hydrogen-bond donors (Lipinski definition) is 1. The van der Waals surface area contributed by atoms with E-state index in [4.69, 9.17) is 10.5 Å². The molecule has 0 saturated carbocycles. The maximum atomic E-state index is 5.44. The van der Waals surface area contributed by atoms with E-state index in [2.05, 4.69) is 10.1 Å². The number of nitrogens with zero attached hydrogens (tertiary/aromatic N) is 3. The Balaban J connectivity index is 2.44. The molecular weight excluding hydrogens is 192 g/mol. The maximum absolute atomic E-state index is 5.44. The summed E-state index contributed by atoms with van der Waals surface area (Å²) in [6.45, 7) is 0.335. The lowest BCUT2D eigenvalue weighted by Crippen LogP contribution is -2.02. The van der Waals surface area contributed by atoms with Gasteiger partial charge in [0.15, 0.2) is 5.82 Å². The van der Waals surface area contributed by atoms with Crippen LogP contribution >= 0.6 is 0 Å². The highest BCUT2D eigenvalue weighted by atomic mass is 16.5. The summed E-state index contributed by atoms with van der Waals surface area (Å²) in [5.41, 5.74) is 6.30. The van der Waals surface area contributed by atoms with Crippen LogP contribution in [0, 0.1) is 0 Å². The second-order valence-electron chi connectivity index (χ2n) is 2.98. The quantitative estimate of drug-likeness (QED) is 0.800. The van der Waals surface area contributed by atoms with Gasteiger partial charge in [0.1, 0.15) is 17.8 Å². The average Bonchev–Trinajstić information content (AvgIpc) is 2.77. The van der Waals surface area contributed by atoms with Crippen molar-refractivity contribution in [1.82, 2.24) is 14.8 Å². The van der Waals surface area contributed by atoms with E-state index < -0.39 is 0 Å². The van der Waals surface area contributed by atoms with Crippen molar-refractivity contribution in [2.75, 3.05) is 7.11 Å². The lowest BCUT2D eigenvalue weighted by Gasteiger charge is -2.06. The molecular formula is C10H12N4O. The third-order valence-electron chi connectivity index (χ3n) is 2.05. The number of para-hydroxylation sites is 2. The second-order valence-corrected chi connectivity index (χ2v) is 2.98. The summed E-state index contributed by atoms with van der Waals surface area (Å²) < 4.78 is 6.88. The summed E-state index contributed by atoms with van der Waals surface area (Å²) in [6, 6.07) is 7.61. The predicted octanol–water partition coefficient (Wildman–Crippen LogP) is 0.735. The van der Waals surface area contributed by atoms with Gasteiger partial charge in [0, 0.05) is 0 Å². The molecule has 2 N–H and O–H groups in total. The molecule has 0 unspecified atom stereocenters. The van der Waals surface area contributed by atoms with Crippen molar-refractivity contribution in [3.8, 4) is 11.4 Å². The van der Waals surface area contributed by atoms with Crippen LogP contribution in [0.1, 0.15) is 5.82 Å². The molecule has 78 valence electrons. The molecule has 1 heterocycles. The Morgan fingerprint density at radius 2 is 2.20 bits per heavy atom. The molecule has 2 rings (SSSR count). The number of methoxy groups -OCH3 is 1. The molecule has 0 spiro atoms. The molecule has 0 saturated heterocycles. The van der Waals surface area contributed by atoms with Crippen LogP contribution in [0.25, 0.3) is 5.69 Å². The lowest BCUT2D eigenvalue weighted by atomic mass is 10.3. The zero-order valence-electron chi connectivity index (χ0n) is 8.42. The SMILES string of the molecule is COc1ccccc1-n1cnc(CN)n1. The Morgan fingerprint density at radius 1 is 1.40 bits per heavy atom. The fourth-order valence-corrected chi connectivity index (χ4v) is 1.33. The highest BCUT2D eigenvalue weighted by Crippen LogP contribution is 2.20. The summed E-state index contributed by atoms with van der Waals surface area (Å²) in [6.07, 6.45) is 1.63. The fraction of sp³-hybridized carbons (Fsp3) is 0.200. The van der Waals surface area contributed by atoms with Crippen LogP contribution in [0.15, 0.2) is 30.6 Å². The molecule has 0 fully saturated rings. The average molecular weight is 204 g/mol. The van der Waals surface area contributed by atoms with Crippen LogP contribution in [0.4, 0.5) is 0 Å². The van der Waals surface area contributed by atoms with Gasteiger partial charge in [-0.2, -0.15) is 0 Å². The topological polar surface area (TPSA) is 66.0 Å². The van der Waals surface area contributed by atoms with Gasteiger partial charge in [-0.3, -0.25) is 0 Å². The molecule has 0 bridgehead atoms. The molecule has 5 heteroatoms. The van der Waals surface area contributed by atoms with Crippen LogP contribution in [0.2, 0.25) is 0 Å². The molecule has 0 atom stereocenters. The van der Waals surface area contributed by atoms with Crippen molar-refractivity contribution in [3.05, 3.63) is 36.4 Å². The van der Waals surface area contributed by atoms with Crippen LogP contribution in [0.5, 0.6) is 5.75 Å². The van der Waals surface area contributed by atoms with E-state index in [-0.39, 0.29) is 0 Å². The van der Waals surface area contributed by atoms with Crippen molar-refractivity contribution >= 4 is 0 Å². The van der Waals surface area contributed by atoms with E-state index in [9.17, 15) is 0 Å². The standard InChI is InChI=1S/C10H12N4O/c1-15-9-5-3-2-4-8(9)14-7-12-10(6-11)13-14/h2-5,7H,6,11H2,1H3. The van der Waals surface area contributed by atoms with Crippen molar-refractivity contribution in [2.45, 2.75) is 6.54 Å². The molecule has 0 aliphatic carbocycles. The summed E-state index contributed by atoms with van der Waals surface area (Å²) in [7, 11) is 1.62. The van der Waals surface area contributed by atoms with Gasteiger partial charge in [0.2, 0.25) is 0 Å². The third kappa shape index (κ3) is 1.82. The van der Waals surface area contributed by atoms with E-state index in [1.807, 2.05) is 24.3 Å². The second kappa shape index (κ2) is 4.10. The minimum absolute atomic E-state index is 0.335. The van der Waals surface area contributed by atoms with Gasteiger partial charge in [-0.1, -0.05) is 12.1 Å². The molecule has 0 aliphatic heterocycles. The molecule has 1 aromatic carbocycles. The minimum Gasteiger partial charge on any atom is -0.494 e. The Hall–Kier alpha value is -1.88. The first-order chi connectivity index (χ1) is 7.35. The van der Waals surface area contributed by atoms with Crippen molar-refractivity contribution < 1.29 is 4.74 Å². The smallest absolute Gasteiger partial charge is 0.164 e. The van der Waals surface area contributed by atoms with Crippen molar-refractivity contribution in [1.29, 1.82) is 0 Å². The molecule has 0 amide bonds. The van der Waals surface area contributed by atoms with E-state index >= 15 is 0 Å². The number of aromatic nitrogens is 3. The van der Waals surface area contributed by atoms with Gasteiger partial charge in [-0.25, -0.2) is 9.67 Å². The number of benzene rings is 1. The highest BCUT2D eigenvalue weighted by Gasteiger charge is 2.05. The zero-order valence-corrected chi connectivity index (χ0v) is 8.42. The molecule has 5 nitrogen and oxygen atoms in total. The molecule has 0 radical (unpaired) electrons. The van der Waals surface area contributed by atoms with Crippen LogP contribution in [-0.4, -0.2) is 21.9 Å². The normalized spacial score (nSPS) is 10.3. The van der Waals surface area contributed by atoms with Gasteiger partial charge in [0.25, 0.3) is 0 Å². The van der Waals surface area contributed by atoms with Gasteiger partial charge >= 0.3 is 0 Å². The van der Waals surface area contributed by atoms with E-state index in [1.165, 1.54) is 0 Å². The van der Waals surface area contributed by atoms with Gasteiger partial charge in [0.05, 0.1) is 13.7 Å². The monoisotopic (exact) mass is 204 g/mol. The number of hydrogen-bond acceptors (Lipinski definition) is 4. The van der Waals surface area contributed by atoms with Crippen molar-refractivity contribution in [3.63, 3.8) is 0 Å². The number of rotatable bonds is 3. The van der Waals surface area contributed by atoms with E-state index in [0.29, 0.717) is 12.4 Å². The Labute approximate surface area is 87.5 Å². The zero-order chi connectivity index (χ0) is 10.7. The Kier molecular flexibility index (Phi) is 2.64. The third-order valence-corrected chi connectivity index (χ3v) is 2.05. The molecule has 0 aliphatic rings. The first-order valence-electron chi connectivity index (χ1n) is 4.59. The van der Waals surface area contributed by atoms with Crippen LogP contribution in [0.3, 0.4) is 0 Å². The number of nitrogens with two attached hydrogens (primary N) is 1.